The molecule has 3 aromatic carbocycles. The van der Waals surface area contributed by atoms with Crippen molar-refractivity contribution in [2.75, 3.05) is 40.1 Å². The van der Waals surface area contributed by atoms with Crippen molar-refractivity contribution in [2.24, 2.45) is 0 Å². The number of ether oxygens (including phenoxy) is 9. The molecule has 62 heavy (non-hydrogen) atoms. The third kappa shape index (κ3) is 12.1. The molecule has 1 saturated heterocycles. The molecule has 2 aliphatic rings. The predicted octanol–water partition coefficient (Wildman–Crippen LogP) is 6.21. The van der Waals surface area contributed by atoms with E-state index >= 15 is 0 Å². The highest BCUT2D eigenvalue weighted by Gasteiger charge is 2.56. The average Bonchev–Trinajstić information content (AvgIpc) is 3.53. The van der Waals surface area contributed by atoms with Crippen LogP contribution in [0.4, 0.5) is 4.79 Å². The van der Waals surface area contributed by atoms with Crippen molar-refractivity contribution >= 4 is 38.3 Å². The Morgan fingerprint density at radius 1 is 0.758 bits per heavy atom. The predicted molar refractivity (Wildman–Crippen MR) is 226 cm³/mol. The Kier molecular flexibility index (Phi) is 16.1. The Morgan fingerprint density at radius 3 is 1.95 bits per heavy atom. The zero-order valence-corrected chi connectivity index (χ0v) is 37.7. The van der Waals surface area contributed by atoms with Crippen LogP contribution in [0.5, 0.6) is 11.5 Å². The van der Waals surface area contributed by atoms with Crippen molar-refractivity contribution in [2.45, 2.75) is 103 Å². The topological polar surface area (TPSA) is 190 Å². The first-order valence-electron chi connectivity index (χ1n) is 20.4. The molecule has 1 aliphatic heterocycles. The third-order valence-corrected chi connectivity index (χ3v) is 15.3. The second kappa shape index (κ2) is 21.1. The summed E-state index contributed by atoms with van der Waals surface area (Å²) in [6.07, 6.45) is -8.31. The van der Waals surface area contributed by atoms with Gasteiger partial charge in [-0.1, -0.05) is 69.3 Å². The van der Waals surface area contributed by atoms with E-state index < -0.39 is 69.0 Å². The molecule has 1 amide bonds. The lowest BCUT2D eigenvalue weighted by Gasteiger charge is -2.43. The van der Waals surface area contributed by atoms with Gasteiger partial charge in [-0.3, -0.25) is 14.4 Å². The van der Waals surface area contributed by atoms with E-state index in [1.165, 1.54) is 0 Å². The van der Waals surface area contributed by atoms with Crippen LogP contribution in [0.3, 0.4) is 0 Å². The molecule has 1 aliphatic carbocycles. The zero-order valence-electron chi connectivity index (χ0n) is 36.7. The molecule has 3 aromatic rings. The van der Waals surface area contributed by atoms with Crippen molar-refractivity contribution in [1.29, 1.82) is 0 Å². The first kappa shape index (κ1) is 47.6. The second-order valence-corrected chi connectivity index (χ2v) is 21.1. The van der Waals surface area contributed by atoms with Gasteiger partial charge in [0.25, 0.3) is 0 Å². The van der Waals surface area contributed by atoms with Crippen molar-refractivity contribution in [1.82, 2.24) is 5.32 Å². The van der Waals surface area contributed by atoms with E-state index in [2.05, 4.69) is 63.4 Å². The minimum Gasteiger partial charge on any atom is -0.491 e. The average molecular weight is 880 g/mol. The van der Waals surface area contributed by atoms with Gasteiger partial charge in [-0.25, -0.2) is 9.59 Å². The summed E-state index contributed by atoms with van der Waals surface area (Å²) >= 11 is 0. The van der Waals surface area contributed by atoms with Crippen LogP contribution in [0.1, 0.15) is 64.2 Å². The van der Waals surface area contributed by atoms with Crippen molar-refractivity contribution in [3.63, 3.8) is 0 Å². The molecule has 1 N–H and O–H groups in total. The number of alkyl carbamates (subject to hydrolysis) is 1. The first-order chi connectivity index (χ1) is 29.4. The van der Waals surface area contributed by atoms with Crippen molar-refractivity contribution in [3.8, 4) is 22.6 Å². The molecule has 0 spiro atoms. The van der Waals surface area contributed by atoms with Gasteiger partial charge >= 0.3 is 30.0 Å². The molecule has 17 heteroatoms. The van der Waals surface area contributed by atoms with Gasteiger partial charge < -0.3 is 52.4 Å². The van der Waals surface area contributed by atoms with E-state index in [0.717, 1.165) is 50.1 Å². The molecule has 16 nitrogen and oxygen atoms in total. The molecule has 5 rings (SSSR count). The summed E-state index contributed by atoms with van der Waals surface area (Å²) in [7, 11) is -1.10. The normalized spacial score (nSPS) is 19.6. The smallest absolute Gasteiger partial charge is 0.407 e. The van der Waals surface area contributed by atoms with Crippen LogP contribution >= 0.6 is 0 Å². The molecule has 5 atom stereocenters. The van der Waals surface area contributed by atoms with Gasteiger partial charge in [0.15, 0.2) is 26.6 Å². The number of carbonyl (C=O) groups is 5. The van der Waals surface area contributed by atoms with Crippen LogP contribution < -0.4 is 14.8 Å². The lowest BCUT2D eigenvalue weighted by Crippen LogP contribution is -2.64. The molecule has 1 heterocycles. The minimum atomic E-state index is -2.20. The number of hydrogen-bond acceptors (Lipinski definition) is 15. The molecular weight excluding hydrogens is 823 g/mol. The highest BCUT2D eigenvalue weighted by molar-refractivity contribution is 6.74. The molecule has 1 fully saturated rings. The standard InChI is InChI=1S/C45H57NO15Si/c1-27(47)57-38-39(58-28(2)48)41(59-29(3)49)43(61-40(38)42(50)52-7)60-31-19-18-30(25-56-62(8,9)45(4,5)6)37(24-31)54-23-22-53-21-20-46-44(51)55-26-36-34-16-12-10-14-32(34)33-15-11-13-17-35(33)36/h10-19,24,36,38-41,43H,20-23,25-26H2,1-9H3,(H,46,51)/t38-,39-,40-,41+,43+/m0/s1. The Morgan fingerprint density at radius 2 is 1.35 bits per heavy atom. The Balaban J connectivity index is 1.23. The molecule has 0 saturated carbocycles. The number of nitrogens with one attached hydrogen (secondary N) is 1. The van der Waals surface area contributed by atoms with Crippen LogP contribution in [0, 0.1) is 0 Å². The second-order valence-electron chi connectivity index (χ2n) is 16.3. The van der Waals surface area contributed by atoms with E-state index in [-0.39, 0.29) is 56.3 Å². The summed E-state index contributed by atoms with van der Waals surface area (Å²) in [5, 5.41) is 2.67. The van der Waals surface area contributed by atoms with Crippen LogP contribution in [-0.2, 0) is 63.4 Å². The monoisotopic (exact) mass is 879 g/mol. The maximum atomic E-state index is 12.9. The SMILES string of the molecule is COC(=O)[C@H]1O[C@@H](Oc2ccc(CO[Si](C)(C)C(C)(C)C)c(OCCOCCNC(=O)OCC3c4ccccc4-c4ccccc43)c2)[C@H](OC(C)=O)[C@@H](OC(C)=O)[C@@H]1OC(C)=O. The van der Waals surface area contributed by atoms with Gasteiger partial charge in [-0.05, 0) is 52.5 Å². The van der Waals surface area contributed by atoms with Gasteiger partial charge in [0.05, 0.1) is 26.9 Å². The summed E-state index contributed by atoms with van der Waals surface area (Å²) < 4.78 is 57.4. The van der Waals surface area contributed by atoms with E-state index in [4.69, 9.17) is 47.1 Å². The number of benzene rings is 3. The number of methoxy groups -OCH3 is 1. The Hall–Kier alpha value is -5.49. The zero-order chi connectivity index (χ0) is 45.2. The van der Waals surface area contributed by atoms with Crippen LogP contribution in [0.25, 0.3) is 11.1 Å². The van der Waals surface area contributed by atoms with Crippen LogP contribution in [-0.4, -0.2) is 109 Å². The van der Waals surface area contributed by atoms with Gasteiger partial charge in [0.2, 0.25) is 12.4 Å². The largest absolute Gasteiger partial charge is 0.491 e. The van der Waals surface area contributed by atoms with Crippen molar-refractivity contribution in [3.05, 3.63) is 83.4 Å². The molecule has 0 bridgehead atoms. The molecule has 0 unspecified atom stereocenters. The molecule has 0 radical (unpaired) electrons. The highest BCUT2D eigenvalue weighted by atomic mass is 28.4. The van der Waals surface area contributed by atoms with E-state index in [0.29, 0.717) is 11.3 Å². The molecular formula is C45H57NO15Si. The van der Waals surface area contributed by atoms with Gasteiger partial charge in [0, 0.05) is 44.9 Å². The van der Waals surface area contributed by atoms with Crippen molar-refractivity contribution < 1.29 is 71.0 Å². The number of amides is 1. The maximum Gasteiger partial charge on any atom is 0.407 e. The summed E-state index contributed by atoms with van der Waals surface area (Å²) in [6.45, 7) is 15.0. The van der Waals surface area contributed by atoms with E-state index in [1.807, 2.05) is 24.3 Å². The molecule has 0 aromatic heterocycles. The van der Waals surface area contributed by atoms with Crippen LogP contribution in [0.2, 0.25) is 18.1 Å². The third-order valence-electron chi connectivity index (χ3n) is 10.9. The minimum absolute atomic E-state index is 0.0535. The summed E-state index contributed by atoms with van der Waals surface area (Å²) in [5.41, 5.74) is 5.24. The van der Waals surface area contributed by atoms with Crippen LogP contribution in [0.15, 0.2) is 66.7 Å². The number of rotatable bonds is 18. The fraction of sp³-hybridized carbons (Fsp3) is 0.489. The van der Waals surface area contributed by atoms with E-state index in [9.17, 15) is 24.0 Å². The fourth-order valence-corrected chi connectivity index (χ4v) is 7.78. The number of fused-ring (bicyclic) bond motifs is 3. The lowest BCUT2D eigenvalue weighted by molar-refractivity contribution is -0.282. The first-order valence-corrected chi connectivity index (χ1v) is 23.3. The number of carbonyl (C=O) groups excluding carboxylic acids is 5. The van der Waals surface area contributed by atoms with Gasteiger partial charge in [-0.15, -0.1) is 0 Å². The number of esters is 4. The van der Waals surface area contributed by atoms with E-state index in [1.54, 1.807) is 18.2 Å². The summed E-state index contributed by atoms with van der Waals surface area (Å²) in [5.74, 6) is -2.91. The lowest BCUT2D eigenvalue weighted by atomic mass is 9.97. The Labute approximate surface area is 362 Å². The highest BCUT2D eigenvalue weighted by Crippen LogP contribution is 2.44. The summed E-state index contributed by atoms with van der Waals surface area (Å²) in [6, 6.07) is 21.2. The fourth-order valence-electron chi connectivity index (χ4n) is 6.83. The van der Waals surface area contributed by atoms with Gasteiger partial charge in [0.1, 0.15) is 24.7 Å². The summed E-state index contributed by atoms with van der Waals surface area (Å²) in [4.78, 5) is 62.2. The number of hydrogen-bond donors (Lipinski definition) is 1. The Bertz CT molecular complexity index is 2020. The maximum absolute atomic E-state index is 12.9. The quantitative estimate of drug-likeness (QED) is 0.0656. The van der Waals surface area contributed by atoms with Gasteiger partial charge in [-0.2, -0.15) is 0 Å². The molecule has 336 valence electrons.